The van der Waals surface area contributed by atoms with Gasteiger partial charge < -0.3 is 9.47 Å². The summed E-state index contributed by atoms with van der Waals surface area (Å²) in [7, 11) is 1.56. The minimum atomic E-state index is -0.468. The highest BCUT2D eigenvalue weighted by atomic mass is 35.5. The number of methoxy groups -OCH3 is 1. The first-order valence-corrected chi connectivity index (χ1v) is 11.6. The number of ether oxygens (including phenoxy) is 2. The minimum absolute atomic E-state index is 0.0476. The molecule has 1 fully saturated rings. The fourth-order valence-corrected chi connectivity index (χ4v) is 4.97. The van der Waals surface area contributed by atoms with Gasteiger partial charge in [0.15, 0.2) is 0 Å². The molecular weight excluding hydrogens is 438 g/mol. The van der Waals surface area contributed by atoms with E-state index in [1.807, 2.05) is 62.4 Å². The smallest absolute Gasteiger partial charge is 0.336 e. The summed E-state index contributed by atoms with van der Waals surface area (Å²) in [5.41, 5.74) is 5.02. The number of halogens is 1. The summed E-state index contributed by atoms with van der Waals surface area (Å²) >= 11 is 6.05. The topological polar surface area (TPSA) is 65.0 Å². The van der Waals surface area contributed by atoms with Crippen LogP contribution in [0.1, 0.15) is 48.3 Å². The van der Waals surface area contributed by atoms with Gasteiger partial charge in [0.05, 0.1) is 18.1 Å². The summed E-state index contributed by atoms with van der Waals surface area (Å²) < 4.78 is 10.5. The van der Waals surface area contributed by atoms with Gasteiger partial charge in [0.1, 0.15) is 12.4 Å². The number of carbonyl (C=O) groups excluding carboxylic acids is 2. The van der Waals surface area contributed by atoms with E-state index in [1.54, 1.807) is 7.11 Å². The number of allylic oxidation sites excluding steroid dienone is 1. The van der Waals surface area contributed by atoms with Crippen molar-refractivity contribution in [1.82, 2.24) is 0 Å². The second kappa shape index (κ2) is 10.0. The van der Waals surface area contributed by atoms with Gasteiger partial charge >= 0.3 is 5.97 Å². The molecule has 2 aromatic carbocycles. The van der Waals surface area contributed by atoms with Crippen LogP contribution in [0.3, 0.4) is 0 Å². The quantitative estimate of drug-likeness (QED) is 0.422. The number of carbonyl (C=O) groups is 2. The summed E-state index contributed by atoms with van der Waals surface area (Å²) in [6, 6.07) is 15.7. The number of rotatable bonds is 6. The zero-order valence-electron chi connectivity index (χ0n) is 19.1. The standard InChI is InChI=1S/C27H28ClNO4/c1-16-4-6-19(7-5-16)25-24(27(31)33-13-12-32-3)17(2)29-22-14-20(15-23(30)26(22)25)18-8-10-21(28)11-9-18/h4-11,20,25-26H,12-15H2,1-3H3/t20-,25+,26?/m0/s1. The maximum absolute atomic E-state index is 13.6. The number of aliphatic imine (C=N–C) groups is 1. The largest absolute Gasteiger partial charge is 0.460 e. The van der Waals surface area contributed by atoms with Crippen molar-refractivity contribution >= 4 is 29.1 Å². The highest BCUT2D eigenvalue weighted by Gasteiger charge is 2.46. The molecule has 4 rings (SSSR count). The van der Waals surface area contributed by atoms with Gasteiger partial charge in [0.2, 0.25) is 0 Å². The first kappa shape index (κ1) is 23.4. The first-order valence-electron chi connectivity index (χ1n) is 11.2. The maximum atomic E-state index is 13.6. The molecule has 0 amide bonds. The highest BCUT2D eigenvalue weighted by Crippen LogP contribution is 2.46. The number of hydrogen-bond acceptors (Lipinski definition) is 5. The number of nitrogens with zero attached hydrogens (tertiary/aromatic N) is 1. The normalized spacial score (nSPS) is 22.6. The van der Waals surface area contributed by atoms with Gasteiger partial charge in [-0.2, -0.15) is 0 Å². The average Bonchev–Trinajstić information content (AvgIpc) is 2.79. The summed E-state index contributed by atoms with van der Waals surface area (Å²) in [6.45, 7) is 4.31. The number of aryl methyl sites for hydroxylation is 1. The molecule has 0 aromatic heterocycles. The highest BCUT2D eigenvalue weighted by molar-refractivity contribution is 6.30. The van der Waals surface area contributed by atoms with Crippen molar-refractivity contribution < 1.29 is 19.1 Å². The molecule has 0 N–H and O–H groups in total. The predicted octanol–water partition coefficient (Wildman–Crippen LogP) is 5.41. The Morgan fingerprint density at radius 3 is 2.30 bits per heavy atom. The zero-order chi connectivity index (χ0) is 23.5. The molecule has 2 aliphatic rings. The maximum Gasteiger partial charge on any atom is 0.336 e. The van der Waals surface area contributed by atoms with Crippen LogP contribution in [0.15, 0.2) is 64.8 Å². The van der Waals surface area contributed by atoms with E-state index in [0.717, 1.165) is 22.4 Å². The summed E-state index contributed by atoms with van der Waals surface area (Å²) in [4.78, 5) is 31.5. The Balaban J connectivity index is 1.73. The van der Waals surface area contributed by atoms with E-state index in [1.165, 1.54) is 0 Å². The molecule has 2 aromatic rings. The SMILES string of the molecule is COCCOC(=O)C1=C(C)N=C2C[C@H](c3ccc(Cl)cc3)CC(=O)C2[C@@H]1c1ccc(C)cc1. The molecule has 1 saturated carbocycles. The van der Waals surface area contributed by atoms with E-state index in [-0.39, 0.29) is 18.3 Å². The summed E-state index contributed by atoms with van der Waals surface area (Å²) in [5.74, 6) is -1.17. The van der Waals surface area contributed by atoms with E-state index >= 15 is 0 Å². The van der Waals surface area contributed by atoms with E-state index in [4.69, 9.17) is 26.1 Å². The lowest BCUT2D eigenvalue weighted by Gasteiger charge is -2.38. The van der Waals surface area contributed by atoms with Crippen LogP contribution in [0, 0.1) is 12.8 Å². The number of esters is 1. The zero-order valence-corrected chi connectivity index (χ0v) is 19.9. The lowest BCUT2D eigenvalue weighted by Crippen LogP contribution is -2.41. The molecule has 0 bridgehead atoms. The number of fused-ring (bicyclic) bond motifs is 1. The molecule has 172 valence electrons. The van der Waals surface area contributed by atoms with Gasteiger partial charge in [-0.25, -0.2) is 4.79 Å². The fourth-order valence-electron chi connectivity index (χ4n) is 4.84. The molecular formula is C27H28ClNO4. The Morgan fingerprint density at radius 2 is 1.64 bits per heavy atom. The van der Waals surface area contributed by atoms with Crippen molar-refractivity contribution in [1.29, 1.82) is 0 Å². The van der Waals surface area contributed by atoms with Gasteiger partial charge in [-0.3, -0.25) is 9.79 Å². The van der Waals surface area contributed by atoms with Crippen LogP contribution in [-0.2, 0) is 19.1 Å². The van der Waals surface area contributed by atoms with Crippen LogP contribution < -0.4 is 0 Å². The van der Waals surface area contributed by atoms with Crippen molar-refractivity contribution in [3.8, 4) is 0 Å². The molecule has 5 nitrogen and oxygen atoms in total. The van der Waals surface area contributed by atoms with Gasteiger partial charge in [0, 0.05) is 35.9 Å². The lowest BCUT2D eigenvalue weighted by atomic mass is 9.66. The molecule has 6 heteroatoms. The molecule has 0 spiro atoms. The second-order valence-corrected chi connectivity index (χ2v) is 9.16. The average molecular weight is 466 g/mol. The monoisotopic (exact) mass is 465 g/mol. The summed E-state index contributed by atoms with van der Waals surface area (Å²) in [6.07, 6.45) is 1.07. The molecule has 1 aliphatic carbocycles. The van der Waals surface area contributed by atoms with E-state index < -0.39 is 17.8 Å². The number of ketones is 1. The number of Topliss-reactive ketones (excluding diaryl/α,β-unsaturated/α-hetero) is 1. The molecule has 3 atom stereocenters. The van der Waals surface area contributed by atoms with Crippen molar-refractivity contribution in [2.45, 2.75) is 38.5 Å². The number of benzene rings is 2. The van der Waals surface area contributed by atoms with Crippen LogP contribution in [0.4, 0.5) is 0 Å². The predicted molar refractivity (Wildman–Crippen MR) is 129 cm³/mol. The van der Waals surface area contributed by atoms with Crippen LogP contribution in [0.25, 0.3) is 0 Å². The first-order chi connectivity index (χ1) is 15.9. The van der Waals surface area contributed by atoms with Crippen molar-refractivity contribution in [2.75, 3.05) is 20.3 Å². The minimum Gasteiger partial charge on any atom is -0.460 e. The van der Waals surface area contributed by atoms with Gasteiger partial charge in [0.25, 0.3) is 0 Å². The Labute approximate surface area is 199 Å². The van der Waals surface area contributed by atoms with Crippen LogP contribution in [-0.4, -0.2) is 37.8 Å². The molecule has 1 aliphatic heterocycles. The van der Waals surface area contributed by atoms with Gasteiger partial charge in [-0.1, -0.05) is 53.6 Å². The molecule has 1 heterocycles. The van der Waals surface area contributed by atoms with Crippen molar-refractivity contribution in [2.24, 2.45) is 10.9 Å². The molecule has 33 heavy (non-hydrogen) atoms. The number of hydrogen-bond donors (Lipinski definition) is 0. The van der Waals surface area contributed by atoms with Crippen LogP contribution in [0.5, 0.6) is 0 Å². The Bertz CT molecular complexity index is 1100. The third-order valence-corrected chi connectivity index (χ3v) is 6.72. The molecule has 0 radical (unpaired) electrons. The van der Waals surface area contributed by atoms with Gasteiger partial charge in [-0.15, -0.1) is 0 Å². The van der Waals surface area contributed by atoms with E-state index in [2.05, 4.69) is 0 Å². The Kier molecular flexibility index (Phi) is 7.11. The molecule has 0 saturated heterocycles. The third-order valence-electron chi connectivity index (χ3n) is 6.47. The Morgan fingerprint density at radius 1 is 0.970 bits per heavy atom. The van der Waals surface area contributed by atoms with E-state index in [9.17, 15) is 9.59 Å². The van der Waals surface area contributed by atoms with E-state index in [0.29, 0.717) is 35.7 Å². The van der Waals surface area contributed by atoms with Crippen molar-refractivity contribution in [3.63, 3.8) is 0 Å². The second-order valence-electron chi connectivity index (χ2n) is 8.72. The fraction of sp³-hybridized carbons (Fsp3) is 0.370. The lowest BCUT2D eigenvalue weighted by molar-refractivity contribution is -0.140. The van der Waals surface area contributed by atoms with Crippen LogP contribution in [0.2, 0.25) is 5.02 Å². The third kappa shape index (κ3) is 4.94. The van der Waals surface area contributed by atoms with Gasteiger partial charge in [-0.05, 0) is 49.4 Å². The summed E-state index contributed by atoms with van der Waals surface area (Å²) in [5, 5.41) is 0.670. The van der Waals surface area contributed by atoms with Crippen LogP contribution >= 0.6 is 11.6 Å². The van der Waals surface area contributed by atoms with Crippen molar-refractivity contribution in [3.05, 3.63) is 81.5 Å². The molecule has 1 unspecified atom stereocenters. The Hall–Kier alpha value is -2.76.